The Morgan fingerprint density at radius 3 is 2.21 bits per heavy atom. The van der Waals surface area contributed by atoms with Gasteiger partial charge in [0.05, 0.1) is 4.92 Å². The number of likely N-dealkylation sites (tertiary alicyclic amines) is 1. The Balaban J connectivity index is 1.59. The second-order valence-electron chi connectivity index (χ2n) is 9.41. The third-order valence-electron chi connectivity index (χ3n) is 6.54. The molecule has 1 unspecified atom stereocenters. The van der Waals surface area contributed by atoms with Crippen molar-refractivity contribution < 1.29 is 19.6 Å². The van der Waals surface area contributed by atoms with E-state index in [9.17, 15) is 24.8 Å². The highest BCUT2D eigenvalue weighted by molar-refractivity contribution is 8.22. The number of hydrogen-bond donors (Lipinski definition) is 1. The third kappa shape index (κ3) is 5.08. The normalized spacial score (nSPS) is 21.2. The summed E-state index contributed by atoms with van der Waals surface area (Å²) in [6.07, 6.45) is 0.169. The fraction of sp³-hybridized carbons (Fsp3) is 0.591. The van der Waals surface area contributed by atoms with Crippen LogP contribution in [0.2, 0.25) is 0 Å². The molecule has 2 amide bonds. The van der Waals surface area contributed by atoms with E-state index >= 15 is 0 Å². The van der Waals surface area contributed by atoms with Gasteiger partial charge in [-0.2, -0.15) is 0 Å². The Hall–Kier alpha value is -2.40. The lowest BCUT2D eigenvalue weighted by Gasteiger charge is -2.49. The first-order valence-corrected chi connectivity index (χ1v) is 12.3. The average Bonchev–Trinajstić information content (AvgIpc) is 3.24. The summed E-state index contributed by atoms with van der Waals surface area (Å²) in [5, 5.41) is 20.5. The van der Waals surface area contributed by atoms with Crippen molar-refractivity contribution >= 4 is 46.0 Å². The van der Waals surface area contributed by atoms with Crippen LogP contribution in [0.25, 0.3) is 0 Å². The Morgan fingerprint density at radius 2 is 1.70 bits per heavy atom. The van der Waals surface area contributed by atoms with Crippen LogP contribution in [0.4, 0.5) is 10.5 Å². The molecule has 1 N–H and O–H groups in total. The number of carbonyl (C=O) groups excluding carboxylic acids is 1. The van der Waals surface area contributed by atoms with E-state index in [0.717, 1.165) is 9.88 Å². The SMILES string of the molecule is CC(C)(C)C1(C(=O)N2CCN(C(=S)SCc3ccc([N+](=O)[O-])cc3)CC2)CCCN1C(=O)O. The number of carbonyl (C=O) groups is 2. The minimum Gasteiger partial charge on any atom is -0.465 e. The van der Waals surface area contributed by atoms with Gasteiger partial charge in [0.15, 0.2) is 0 Å². The maximum Gasteiger partial charge on any atom is 0.408 e. The van der Waals surface area contributed by atoms with Crippen molar-refractivity contribution in [3.8, 4) is 0 Å². The van der Waals surface area contributed by atoms with Gasteiger partial charge in [0, 0.05) is 50.6 Å². The highest BCUT2D eigenvalue weighted by Crippen LogP contribution is 2.45. The summed E-state index contributed by atoms with van der Waals surface area (Å²) in [4.78, 5) is 41.1. The molecule has 0 saturated carbocycles. The van der Waals surface area contributed by atoms with Crippen molar-refractivity contribution in [2.75, 3.05) is 32.7 Å². The summed E-state index contributed by atoms with van der Waals surface area (Å²) in [5.74, 6) is 0.496. The molecule has 2 aliphatic heterocycles. The molecule has 1 aromatic rings. The molecule has 2 heterocycles. The van der Waals surface area contributed by atoms with Gasteiger partial charge in [0.25, 0.3) is 5.69 Å². The Morgan fingerprint density at radius 1 is 1.12 bits per heavy atom. The van der Waals surface area contributed by atoms with Crippen LogP contribution in [0.3, 0.4) is 0 Å². The second kappa shape index (κ2) is 9.84. The molecule has 2 aliphatic rings. The lowest BCUT2D eigenvalue weighted by Crippen LogP contribution is -2.66. The second-order valence-corrected chi connectivity index (χ2v) is 11.0. The van der Waals surface area contributed by atoms with Crippen molar-refractivity contribution in [1.29, 1.82) is 0 Å². The molecule has 0 aliphatic carbocycles. The number of nitrogens with zero attached hydrogens (tertiary/aromatic N) is 4. The molecular weight excluding hydrogens is 464 g/mol. The summed E-state index contributed by atoms with van der Waals surface area (Å²) < 4.78 is 0.721. The summed E-state index contributed by atoms with van der Waals surface area (Å²) in [7, 11) is 0. The Bertz CT molecular complexity index is 926. The van der Waals surface area contributed by atoms with Crippen LogP contribution in [-0.4, -0.2) is 79.3 Å². The zero-order chi connectivity index (χ0) is 24.4. The maximum absolute atomic E-state index is 13.7. The van der Waals surface area contributed by atoms with Crippen molar-refractivity contribution in [2.24, 2.45) is 5.41 Å². The minimum absolute atomic E-state index is 0.0591. The van der Waals surface area contributed by atoms with Crippen molar-refractivity contribution in [3.63, 3.8) is 0 Å². The number of piperazine rings is 1. The lowest BCUT2D eigenvalue weighted by atomic mass is 9.70. The third-order valence-corrected chi connectivity index (χ3v) is 8.14. The van der Waals surface area contributed by atoms with Crippen LogP contribution in [0.5, 0.6) is 0 Å². The summed E-state index contributed by atoms with van der Waals surface area (Å²) in [6.45, 7) is 8.34. The van der Waals surface area contributed by atoms with Gasteiger partial charge in [-0.05, 0) is 23.8 Å². The number of amides is 2. The Kier molecular flexibility index (Phi) is 7.52. The lowest BCUT2D eigenvalue weighted by molar-refractivity contribution is -0.384. The number of nitro groups is 1. The topological polar surface area (TPSA) is 107 Å². The average molecular weight is 495 g/mol. The zero-order valence-corrected chi connectivity index (χ0v) is 20.8. The largest absolute Gasteiger partial charge is 0.465 e. The highest BCUT2D eigenvalue weighted by Gasteiger charge is 2.58. The van der Waals surface area contributed by atoms with Gasteiger partial charge in [0.2, 0.25) is 5.91 Å². The predicted molar refractivity (Wildman–Crippen MR) is 131 cm³/mol. The number of hydrogen-bond acceptors (Lipinski definition) is 6. The molecule has 0 radical (unpaired) electrons. The van der Waals surface area contributed by atoms with Crippen LogP contribution < -0.4 is 0 Å². The molecule has 0 aromatic heterocycles. The fourth-order valence-corrected chi connectivity index (χ4v) is 5.91. The number of thioether (sulfide) groups is 1. The molecule has 2 saturated heterocycles. The number of rotatable bonds is 4. The number of thiocarbonyl (C=S) groups is 1. The molecule has 9 nitrogen and oxygen atoms in total. The van der Waals surface area contributed by atoms with Crippen LogP contribution in [0.1, 0.15) is 39.2 Å². The van der Waals surface area contributed by atoms with E-state index in [4.69, 9.17) is 12.2 Å². The molecule has 11 heteroatoms. The van der Waals surface area contributed by atoms with Gasteiger partial charge >= 0.3 is 6.09 Å². The number of carboxylic acid groups (broad SMARTS) is 1. The van der Waals surface area contributed by atoms with Gasteiger partial charge in [-0.3, -0.25) is 19.8 Å². The van der Waals surface area contributed by atoms with Crippen LogP contribution in [0.15, 0.2) is 24.3 Å². The molecule has 3 rings (SSSR count). The first-order valence-electron chi connectivity index (χ1n) is 10.9. The van der Waals surface area contributed by atoms with Crippen molar-refractivity contribution in [3.05, 3.63) is 39.9 Å². The molecule has 33 heavy (non-hydrogen) atoms. The number of non-ortho nitro benzene ring substituents is 1. The highest BCUT2D eigenvalue weighted by atomic mass is 32.2. The van der Waals surface area contributed by atoms with Crippen molar-refractivity contribution in [2.45, 2.75) is 44.9 Å². The van der Waals surface area contributed by atoms with Gasteiger partial charge < -0.3 is 14.9 Å². The zero-order valence-electron chi connectivity index (χ0n) is 19.2. The standard InChI is InChI=1S/C22H30N4O5S2/c1-21(2,3)22(9-4-10-25(22)19(28)29)18(27)23-11-13-24(14-12-23)20(32)33-15-16-5-7-17(8-6-16)26(30)31/h5-8H,4,9-15H2,1-3H3,(H,28,29). The van der Waals surface area contributed by atoms with E-state index in [-0.39, 0.29) is 11.6 Å². The van der Waals surface area contributed by atoms with E-state index in [0.29, 0.717) is 51.3 Å². The first-order chi connectivity index (χ1) is 15.5. The van der Waals surface area contributed by atoms with E-state index in [1.807, 2.05) is 20.8 Å². The number of nitro benzene ring substituents is 1. The molecule has 0 bridgehead atoms. The van der Waals surface area contributed by atoms with Crippen LogP contribution in [0, 0.1) is 15.5 Å². The molecule has 1 aromatic carbocycles. The molecule has 0 spiro atoms. The Labute approximate surface area is 203 Å². The smallest absolute Gasteiger partial charge is 0.408 e. The van der Waals surface area contributed by atoms with Crippen LogP contribution >= 0.6 is 24.0 Å². The first kappa shape index (κ1) is 25.2. The predicted octanol–water partition coefficient (Wildman–Crippen LogP) is 3.82. The summed E-state index contributed by atoms with van der Waals surface area (Å²) in [6, 6.07) is 6.42. The molecule has 180 valence electrons. The van der Waals surface area contributed by atoms with E-state index in [1.54, 1.807) is 17.0 Å². The van der Waals surface area contributed by atoms with Gasteiger partial charge in [-0.1, -0.05) is 56.9 Å². The molecular formula is C22H30N4O5S2. The van der Waals surface area contributed by atoms with Gasteiger partial charge in [0.1, 0.15) is 9.86 Å². The summed E-state index contributed by atoms with van der Waals surface area (Å²) >= 11 is 7.07. The minimum atomic E-state index is -1.05. The molecule has 2 fully saturated rings. The maximum atomic E-state index is 13.7. The van der Waals surface area contributed by atoms with E-state index < -0.39 is 22.0 Å². The monoisotopic (exact) mass is 494 g/mol. The number of benzene rings is 1. The summed E-state index contributed by atoms with van der Waals surface area (Å²) in [5.41, 5.74) is -0.564. The van der Waals surface area contributed by atoms with Gasteiger partial charge in [-0.25, -0.2) is 4.79 Å². The fourth-order valence-electron chi connectivity index (χ4n) is 4.70. The van der Waals surface area contributed by atoms with Gasteiger partial charge in [-0.15, -0.1) is 0 Å². The molecule has 1 atom stereocenters. The van der Waals surface area contributed by atoms with Crippen LogP contribution in [-0.2, 0) is 10.5 Å². The quantitative estimate of drug-likeness (QED) is 0.382. The van der Waals surface area contributed by atoms with Crippen molar-refractivity contribution in [1.82, 2.24) is 14.7 Å². The van der Waals surface area contributed by atoms with E-state index in [1.165, 1.54) is 28.8 Å². The van der Waals surface area contributed by atoms with E-state index in [2.05, 4.69) is 4.90 Å².